The van der Waals surface area contributed by atoms with Crippen LogP contribution in [0.2, 0.25) is 0 Å². The first kappa shape index (κ1) is 13.8. The van der Waals surface area contributed by atoms with Crippen LogP contribution in [-0.2, 0) is 4.74 Å². The zero-order valence-electron chi connectivity index (χ0n) is 11.0. The Hall–Kier alpha value is -2.62. The van der Waals surface area contributed by atoms with Crippen molar-refractivity contribution >= 4 is 11.8 Å². The van der Waals surface area contributed by atoms with Gasteiger partial charge in [0, 0.05) is 5.56 Å². The fraction of sp³-hybridized carbons (Fsp3) is 0.125. The summed E-state index contributed by atoms with van der Waals surface area (Å²) in [6, 6.07) is 15.5. The SMILES string of the molecule is COC(=O)c1cccc(C(=O)COc2ccccc2)c1. The molecule has 102 valence electrons. The molecule has 0 atom stereocenters. The Morgan fingerprint density at radius 1 is 0.950 bits per heavy atom. The van der Waals surface area contributed by atoms with E-state index in [0.717, 1.165) is 0 Å². The summed E-state index contributed by atoms with van der Waals surface area (Å²) in [6.45, 7) is -0.0748. The van der Waals surface area contributed by atoms with Crippen molar-refractivity contribution in [2.45, 2.75) is 0 Å². The smallest absolute Gasteiger partial charge is 0.337 e. The van der Waals surface area contributed by atoms with Crippen LogP contribution in [0.1, 0.15) is 20.7 Å². The number of methoxy groups -OCH3 is 1. The van der Waals surface area contributed by atoms with E-state index in [1.54, 1.807) is 30.3 Å². The summed E-state index contributed by atoms with van der Waals surface area (Å²) in [5.41, 5.74) is 0.766. The van der Waals surface area contributed by atoms with Crippen LogP contribution in [0.5, 0.6) is 5.75 Å². The summed E-state index contributed by atoms with van der Waals surface area (Å²) in [4.78, 5) is 23.4. The highest BCUT2D eigenvalue weighted by atomic mass is 16.5. The quantitative estimate of drug-likeness (QED) is 0.619. The van der Waals surface area contributed by atoms with Gasteiger partial charge in [0.05, 0.1) is 12.7 Å². The van der Waals surface area contributed by atoms with Crippen molar-refractivity contribution in [3.8, 4) is 5.75 Å². The van der Waals surface area contributed by atoms with Gasteiger partial charge in [-0.15, -0.1) is 0 Å². The molecular formula is C16H14O4. The Labute approximate surface area is 116 Å². The average molecular weight is 270 g/mol. The largest absolute Gasteiger partial charge is 0.485 e. The number of esters is 1. The second kappa shape index (κ2) is 6.52. The van der Waals surface area contributed by atoms with Crippen molar-refractivity contribution in [3.05, 3.63) is 65.7 Å². The van der Waals surface area contributed by atoms with Gasteiger partial charge in [0.2, 0.25) is 0 Å². The van der Waals surface area contributed by atoms with Gasteiger partial charge in [-0.3, -0.25) is 4.79 Å². The molecule has 0 aliphatic carbocycles. The summed E-state index contributed by atoms with van der Waals surface area (Å²) in [5.74, 6) is -0.0341. The molecule has 0 radical (unpaired) electrons. The number of hydrogen-bond donors (Lipinski definition) is 0. The molecule has 20 heavy (non-hydrogen) atoms. The first-order chi connectivity index (χ1) is 9.70. The van der Waals surface area contributed by atoms with Crippen LogP contribution < -0.4 is 4.74 Å². The maximum Gasteiger partial charge on any atom is 0.337 e. The van der Waals surface area contributed by atoms with Crippen molar-refractivity contribution in [3.63, 3.8) is 0 Å². The normalized spacial score (nSPS) is 9.85. The zero-order chi connectivity index (χ0) is 14.4. The predicted octanol–water partition coefficient (Wildman–Crippen LogP) is 2.73. The molecule has 2 rings (SSSR count). The second-order valence-corrected chi connectivity index (χ2v) is 4.10. The van der Waals surface area contributed by atoms with E-state index < -0.39 is 5.97 Å². The van der Waals surface area contributed by atoms with E-state index in [2.05, 4.69) is 4.74 Å². The van der Waals surface area contributed by atoms with E-state index in [1.165, 1.54) is 13.2 Å². The molecule has 2 aromatic carbocycles. The maximum atomic E-state index is 12.0. The highest BCUT2D eigenvalue weighted by molar-refractivity contribution is 6.00. The lowest BCUT2D eigenvalue weighted by Crippen LogP contribution is -2.12. The lowest BCUT2D eigenvalue weighted by molar-refractivity contribution is 0.0600. The second-order valence-electron chi connectivity index (χ2n) is 4.10. The van der Waals surface area contributed by atoms with Crippen LogP contribution in [0.3, 0.4) is 0 Å². The molecule has 0 aliphatic heterocycles. The van der Waals surface area contributed by atoms with Crippen molar-refractivity contribution in [1.29, 1.82) is 0 Å². The minimum atomic E-state index is -0.469. The molecule has 4 nitrogen and oxygen atoms in total. The monoisotopic (exact) mass is 270 g/mol. The van der Waals surface area contributed by atoms with Crippen molar-refractivity contribution in [2.24, 2.45) is 0 Å². The number of para-hydroxylation sites is 1. The van der Waals surface area contributed by atoms with Gasteiger partial charge in [-0.25, -0.2) is 4.79 Å². The third-order valence-corrected chi connectivity index (χ3v) is 2.72. The van der Waals surface area contributed by atoms with Gasteiger partial charge in [-0.05, 0) is 24.3 Å². The molecule has 0 saturated carbocycles. The lowest BCUT2D eigenvalue weighted by atomic mass is 10.1. The van der Waals surface area contributed by atoms with E-state index in [0.29, 0.717) is 16.9 Å². The lowest BCUT2D eigenvalue weighted by Gasteiger charge is -2.06. The minimum Gasteiger partial charge on any atom is -0.485 e. The number of rotatable bonds is 5. The van der Waals surface area contributed by atoms with E-state index in [9.17, 15) is 9.59 Å². The number of carbonyl (C=O) groups excluding carboxylic acids is 2. The molecule has 4 heteroatoms. The fourth-order valence-corrected chi connectivity index (χ4v) is 1.69. The van der Waals surface area contributed by atoms with E-state index in [1.807, 2.05) is 18.2 Å². The standard InChI is InChI=1S/C16H14O4/c1-19-16(18)13-7-5-6-12(10-13)15(17)11-20-14-8-3-2-4-9-14/h2-10H,11H2,1H3. The first-order valence-corrected chi connectivity index (χ1v) is 6.10. The Morgan fingerprint density at radius 3 is 2.35 bits per heavy atom. The van der Waals surface area contributed by atoms with Crippen LogP contribution in [0.4, 0.5) is 0 Å². The first-order valence-electron chi connectivity index (χ1n) is 6.10. The third-order valence-electron chi connectivity index (χ3n) is 2.72. The van der Waals surface area contributed by atoms with Crippen LogP contribution in [-0.4, -0.2) is 25.5 Å². The van der Waals surface area contributed by atoms with Gasteiger partial charge in [0.15, 0.2) is 12.4 Å². The number of ether oxygens (including phenoxy) is 2. The zero-order valence-corrected chi connectivity index (χ0v) is 11.0. The predicted molar refractivity (Wildman–Crippen MR) is 74.0 cm³/mol. The molecule has 0 bridgehead atoms. The summed E-state index contributed by atoms with van der Waals surface area (Å²) >= 11 is 0. The molecule has 0 spiro atoms. The van der Waals surface area contributed by atoms with E-state index >= 15 is 0 Å². The Bertz CT molecular complexity index is 605. The molecule has 0 amide bonds. The number of carbonyl (C=O) groups is 2. The third kappa shape index (κ3) is 3.45. The molecule has 0 heterocycles. The number of Topliss-reactive ketones (excluding diaryl/α,β-unsaturated/α-hetero) is 1. The molecular weight excluding hydrogens is 256 g/mol. The molecule has 0 fully saturated rings. The van der Waals surface area contributed by atoms with Crippen LogP contribution >= 0.6 is 0 Å². The van der Waals surface area contributed by atoms with Crippen molar-refractivity contribution in [2.75, 3.05) is 13.7 Å². The van der Waals surface area contributed by atoms with E-state index in [-0.39, 0.29) is 12.4 Å². The van der Waals surface area contributed by atoms with Gasteiger partial charge in [0.1, 0.15) is 5.75 Å². The molecule has 0 N–H and O–H groups in total. The molecule has 0 saturated heterocycles. The van der Waals surface area contributed by atoms with Gasteiger partial charge in [-0.2, -0.15) is 0 Å². The molecule has 2 aromatic rings. The summed E-state index contributed by atoms with van der Waals surface area (Å²) in [5, 5.41) is 0. The summed E-state index contributed by atoms with van der Waals surface area (Å²) in [6.07, 6.45) is 0. The Morgan fingerprint density at radius 2 is 1.65 bits per heavy atom. The van der Waals surface area contributed by atoms with Gasteiger partial charge >= 0.3 is 5.97 Å². The molecule has 0 unspecified atom stereocenters. The van der Waals surface area contributed by atoms with Crippen LogP contribution in [0.25, 0.3) is 0 Å². The van der Waals surface area contributed by atoms with Crippen LogP contribution in [0.15, 0.2) is 54.6 Å². The highest BCUT2D eigenvalue weighted by Gasteiger charge is 2.11. The Kier molecular flexibility index (Phi) is 4.50. The highest BCUT2D eigenvalue weighted by Crippen LogP contribution is 2.11. The summed E-state index contributed by atoms with van der Waals surface area (Å²) < 4.78 is 10.0. The summed E-state index contributed by atoms with van der Waals surface area (Å²) in [7, 11) is 1.30. The van der Waals surface area contributed by atoms with E-state index in [4.69, 9.17) is 4.74 Å². The fourth-order valence-electron chi connectivity index (χ4n) is 1.69. The van der Waals surface area contributed by atoms with Crippen LogP contribution in [0, 0.1) is 0 Å². The van der Waals surface area contributed by atoms with Gasteiger partial charge < -0.3 is 9.47 Å². The maximum absolute atomic E-state index is 12.0. The average Bonchev–Trinajstić information content (AvgIpc) is 2.53. The van der Waals surface area contributed by atoms with Gasteiger partial charge in [0.25, 0.3) is 0 Å². The molecule has 0 aliphatic rings. The van der Waals surface area contributed by atoms with Gasteiger partial charge in [-0.1, -0.05) is 30.3 Å². The number of ketones is 1. The van der Waals surface area contributed by atoms with Crippen molar-refractivity contribution < 1.29 is 19.1 Å². The molecule has 0 aromatic heterocycles. The number of hydrogen-bond acceptors (Lipinski definition) is 4. The Balaban J connectivity index is 2.04. The topological polar surface area (TPSA) is 52.6 Å². The van der Waals surface area contributed by atoms with Crippen molar-refractivity contribution in [1.82, 2.24) is 0 Å². The minimum absolute atomic E-state index is 0.0748. The number of benzene rings is 2.